The van der Waals surface area contributed by atoms with Crippen molar-refractivity contribution in [3.8, 4) is 0 Å². The fourth-order valence-electron chi connectivity index (χ4n) is 5.31. The molecule has 2 nitrogen and oxygen atoms in total. The van der Waals surface area contributed by atoms with Crippen molar-refractivity contribution in [2.45, 2.75) is 156 Å². The smallest absolute Gasteiger partial charge is 0.309 e. The zero-order chi connectivity index (χ0) is 22.8. The number of hydrogen-bond acceptors (Lipinski definition) is 2. The highest BCUT2D eigenvalue weighted by Crippen LogP contribution is 2.34. The van der Waals surface area contributed by atoms with E-state index < -0.39 is 0 Å². The van der Waals surface area contributed by atoms with Crippen molar-refractivity contribution in [3.05, 3.63) is 0 Å². The molecule has 0 aromatic carbocycles. The van der Waals surface area contributed by atoms with E-state index in [1.165, 1.54) is 122 Å². The largest absolute Gasteiger partial charge is 0.465 e. The van der Waals surface area contributed by atoms with Crippen molar-refractivity contribution in [3.63, 3.8) is 0 Å². The molecule has 1 rings (SSSR count). The molecule has 1 saturated carbocycles. The predicted octanol–water partition coefficient (Wildman–Crippen LogP) is 9.64. The van der Waals surface area contributed by atoms with E-state index in [4.69, 9.17) is 4.74 Å². The average molecular weight is 437 g/mol. The van der Waals surface area contributed by atoms with E-state index in [1.807, 2.05) is 0 Å². The Morgan fingerprint density at radius 1 is 0.742 bits per heavy atom. The highest BCUT2D eigenvalue weighted by atomic mass is 16.5. The maximum atomic E-state index is 12.8. The van der Waals surface area contributed by atoms with E-state index in [9.17, 15) is 4.79 Å². The summed E-state index contributed by atoms with van der Waals surface area (Å²) in [5, 5.41) is 0. The Kier molecular flexibility index (Phi) is 16.5. The zero-order valence-corrected chi connectivity index (χ0v) is 21.8. The van der Waals surface area contributed by atoms with Crippen molar-refractivity contribution in [2.75, 3.05) is 6.61 Å². The first-order chi connectivity index (χ1) is 15.0. The van der Waals surface area contributed by atoms with Gasteiger partial charge in [-0.3, -0.25) is 4.79 Å². The molecule has 0 N–H and O–H groups in total. The molecule has 0 saturated heterocycles. The molecular formula is C29H56O2. The molecule has 3 unspecified atom stereocenters. The number of ether oxygens (including phenoxy) is 1. The third-order valence-corrected chi connectivity index (χ3v) is 7.74. The molecular weight excluding hydrogens is 380 g/mol. The second kappa shape index (κ2) is 18.0. The van der Waals surface area contributed by atoms with Crippen LogP contribution in [0.15, 0.2) is 0 Å². The van der Waals surface area contributed by atoms with Crippen LogP contribution >= 0.6 is 0 Å². The van der Waals surface area contributed by atoms with Gasteiger partial charge in [0.1, 0.15) is 0 Å². The second-order valence-electron chi connectivity index (χ2n) is 11.0. The molecule has 1 fully saturated rings. The molecule has 0 radical (unpaired) electrons. The molecule has 0 aromatic heterocycles. The van der Waals surface area contributed by atoms with Crippen LogP contribution in [-0.2, 0) is 9.53 Å². The van der Waals surface area contributed by atoms with Gasteiger partial charge in [-0.2, -0.15) is 0 Å². The average Bonchev–Trinajstić information content (AvgIpc) is 2.77. The maximum Gasteiger partial charge on any atom is 0.309 e. The summed E-state index contributed by atoms with van der Waals surface area (Å²) in [6.45, 7) is 9.83. The molecule has 0 aliphatic heterocycles. The summed E-state index contributed by atoms with van der Waals surface area (Å²) < 4.78 is 6.00. The SMILES string of the molecule is CCCCCCCCCCC(C)(CCCCCCCC)COC(=O)C1CCCCC1C. The van der Waals surface area contributed by atoms with Crippen LogP contribution in [0.5, 0.6) is 0 Å². The first-order valence-corrected chi connectivity index (χ1v) is 14.2. The summed E-state index contributed by atoms with van der Waals surface area (Å²) in [6.07, 6.45) is 26.1. The van der Waals surface area contributed by atoms with Crippen LogP contribution in [0.2, 0.25) is 0 Å². The Morgan fingerprint density at radius 3 is 1.68 bits per heavy atom. The summed E-state index contributed by atoms with van der Waals surface area (Å²) in [7, 11) is 0. The molecule has 0 spiro atoms. The third-order valence-electron chi connectivity index (χ3n) is 7.74. The Bertz CT molecular complexity index is 432. The van der Waals surface area contributed by atoms with Crippen LogP contribution < -0.4 is 0 Å². The molecule has 184 valence electrons. The second-order valence-corrected chi connectivity index (χ2v) is 11.0. The van der Waals surface area contributed by atoms with Gasteiger partial charge in [0.25, 0.3) is 0 Å². The number of carbonyl (C=O) groups excluding carboxylic acids is 1. The summed E-state index contributed by atoms with van der Waals surface area (Å²) in [4.78, 5) is 12.8. The molecule has 3 atom stereocenters. The first kappa shape index (κ1) is 28.5. The summed E-state index contributed by atoms with van der Waals surface area (Å²) >= 11 is 0. The minimum atomic E-state index is 0.0947. The van der Waals surface area contributed by atoms with E-state index in [-0.39, 0.29) is 17.3 Å². The lowest BCUT2D eigenvalue weighted by molar-refractivity contribution is -0.155. The van der Waals surface area contributed by atoms with Gasteiger partial charge in [0.05, 0.1) is 12.5 Å². The van der Waals surface area contributed by atoms with Crippen molar-refractivity contribution < 1.29 is 9.53 Å². The molecule has 0 bridgehead atoms. The molecule has 0 amide bonds. The maximum absolute atomic E-state index is 12.8. The molecule has 2 heteroatoms. The molecule has 0 heterocycles. The lowest BCUT2D eigenvalue weighted by atomic mass is 9.79. The van der Waals surface area contributed by atoms with Gasteiger partial charge in [-0.25, -0.2) is 0 Å². The minimum absolute atomic E-state index is 0.0947. The van der Waals surface area contributed by atoms with Crippen LogP contribution in [0.3, 0.4) is 0 Å². The summed E-state index contributed by atoms with van der Waals surface area (Å²) in [5.74, 6) is 0.742. The van der Waals surface area contributed by atoms with Gasteiger partial charge in [-0.05, 0) is 31.6 Å². The van der Waals surface area contributed by atoms with E-state index in [2.05, 4.69) is 27.7 Å². The number of hydrogen-bond donors (Lipinski definition) is 0. The van der Waals surface area contributed by atoms with Crippen LogP contribution in [0.25, 0.3) is 0 Å². The fraction of sp³-hybridized carbons (Fsp3) is 0.966. The van der Waals surface area contributed by atoms with Gasteiger partial charge in [-0.1, -0.05) is 130 Å². The third kappa shape index (κ3) is 13.6. The summed E-state index contributed by atoms with van der Waals surface area (Å²) in [5.41, 5.74) is 0.167. The Morgan fingerprint density at radius 2 is 1.19 bits per heavy atom. The van der Waals surface area contributed by atoms with Gasteiger partial charge in [0.15, 0.2) is 0 Å². The van der Waals surface area contributed by atoms with Gasteiger partial charge in [-0.15, -0.1) is 0 Å². The van der Waals surface area contributed by atoms with E-state index in [0.717, 1.165) is 6.42 Å². The quantitative estimate of drug-likeness (QED) is 0.149. The van der Waals surface area contributed by atoms with Crippen LogP contribution in [0.4, 0.5) is 0 Å². The van der Waals surface area contributed by atoms with E-state index >= 15 is 0 Å². The van der Waals surface area contributed by atoms with Crippen LogP contribution in [-0.4, -0.2) is 12.6 Å². The topological polar surface area (TPSA) is 26.3 Å². The first-order valence-electron chi connectivity index (χ1n) is 14.2. The molecule has 31 heavy (non-hydrogen) atoms. The van der Waals surface area contributed by atoms with E-state index in [0.29, 0.717) is 12.5 Å². The van der Waals surface area contributed by atoms with Crippen LogP contribution in [0, 0.1) is 17.3 Å². The molecule has 1 aliphatic rings. The lowest BCUT2D eigenvalue weighted by Crippen LogP contribution is -2.31. The zero-order valence-electron chi connectivity index (χ0n) is 21.8. The van der Waals surface area contributed by atoms with Crippen molar-refractivity contribution in [1.82, 2.24) is 0 Å². The van der Waals surface area contributed by atoms with Gasteiger partial charge >= 0.3 is 5.97 Å². The van der Waals surface area contributed by atoms with Gasteiger partial charge in [0, 0.05) is 5.41 Å². The number of rotatable bonds is 19. The van der Waals surface area contributed by atoms with Gasteiger partial charge < -0.3 is 4.74 Å². The monoisotopic (exact) mass is 436 g/mol. The minimum Gasteiger partial charge on any atom is -0.465 e. The highest BCUT2D eigenvalue weighted by Gasteiger charge is 2.31. The molecule has 1 aliphatic carbocycles. The normalized spacial score (nSPS) is 21.0. The van der Waals surface area contributed by atoms with E-state index in [1.54, 1.807) is 0 Å². The fourth-order valence-corrected chi connectivity index (χ4v) is 5.31. The van der Waals surface area contributed by atoms with Crippen molar-refractivity contribution >= 4 is 5.97 Å². The summed E-state index contributed by atoms with van der Waals surface area (Å²) in [6, 6.07) is 0. The Labute approximate surface area is 195 Å². The Balaban J connectivity index is 2.39. The van der Waals surface area contributed by atoms with Gasteiger partial charge in [0.2, 0.25) is 0 Å². The van der Waals surface area contributed by atoms with Crippen LogP contribution in [0.1, 0.15) is 156 Å². The number of esters is 1. The Hall–Kier alpha value is -0.530. The van der Waals surface area contributed by atoms with Crippen molar-refractivity contribution in [2.24, 2.45) is 17.3 Å². The van der Waals surface area contributed by atoms with Crippen molar-refractivity contribution in [1.29, 1.82) is 0 Å². The lowest BCUT2D eigenvalue weighted by Gasteiger charge is -2.32. The standard InChI is InChI=1S/C29H56O2/c1-5-7-9-11-13-14-16-20-24-29(4,23-19-15-12-10-8-6-2)25-31-28(30)27-22-18-17-21-26(27)3/h26-27H,5-25H2,1-4H3. The number of unbranched alkanes of at least 4 members (excludes halogenated alkanes) is 12. The molecule has 0 aromatic rings. The predicted molar refractivity (Wildman–Crippen MR) is 135 cm³/mol. The highest BCUT2D eigenvalue weighted by molar-refractivity contribution is 5.72. The number of carbonyl (C=O) groups is 1.